The highest BCUT2D eigenvalue weighted by Gasteiger charge is 2.07. The summed E-state index contributed by atoms with van der Waals surface area (Å²) in [6.07, 6.45) is 0.677. The molecule has 2 aromatic carbocycles. The van der Waals surface area contributed by atoms with Crippen LogP contribution in [0.3, 0.4) is 0 Å². The van der Waals surface area contributed by atoms with Gasteiger partial charge in [-0.2, -0.15) is 0 Å². The maximum Gasteiger partial charge on any atom is 0.251 e. The Morgan fingerprint density at radius 3 is 2.24 bits per heavy atom. The van der Waals surface area contributed by atoms with Crippen molar-refractivity contribution < 1.29 is 19.1 Å². The molecule has 0 bridgehead atoms. The average molecular weight is 342 g/mol. The van der Waals surface area contributed by atoms with Crippen LogP contribution in [-0.4, -0.2) is 32.6 Å². The molecule has 0 spiro atoms. The first-order valence-corrected chi connectivity index (χ1v) is 7.90. The summed E-state index contributed by atoms with van der Waals surface area (Å²) in [6, 6.07) is 12.4. The summed E-state index contributed by atoms with van der Waals surface area (Å²) in [4.78, 5) is 23.1. The second-order valence-corrected chi connectivity index (χ2v) is 5.45. The molecular weight excluding hydrogens is 320 g/mol. The summed E-state index contributed by atoms with van der Waals surface area (Å²) < 4.78 is 10.5. The van der Waals surface area contributed by atoms with Crippen LogP contribution in [0, 0.1) is 0 Å². The summed E-state index contributed by atoms with van der Waals surface area (Å²) in [7, 11) is 3.18. The van der Waals surface area contributed by atoms with E-state index in [4.69, 9.17) is 9.47 Å². The van der Waals surface area contributed by atoms with Crippen molar-refractivity contribution >= 4 is 17.5 Å². The molecule has 0 aliphatic rings. The molecule has 25 heavy (non-hydrogen) atoms. The van der Waals surface area contributed by atoms with Crippen molar-refractivity contribution in [1.82, 2.24) is 5.32 Å². The molecule has 2 N–H and O–H groups in total. The number of ether oxygens (including phenoxy) is 2. The van der Waals surface area contributed by atoms with Gasteiger partial charge in [-0.1, -0.05) is 6.07 Å². The zero-order valence-electron chi connectivity index (χ0n) is 14.6. The number of carbonyl (C=O) groups excluding carboxylic acids is 2. The number of anilines is 1. The van der Waals surface area contributed by atoms with Crippen molar-refractivity contribution in [1.29, 1.82) is 0 Å². The largest absolute Gasteiger partial charge is 0.493 e. The van der Waals surface area contributed by atoms with Gasteiger partial charge in [0.1, 0.15) is 0 Å². The van der Waals surface area contributed by atoms with Crippen LogP contribution in [0.5, 0.6) is 11.5 Å². The van der Waals surface area contributed by atoms with Crippen molar-refractivity contribution in [2.75, 3.05) is 26.1 Å². The standard InChI is InChI=1S/C19H22N2O4/c1-13(22)21-16-7-5-15(6-8-16)19(23)20-11-10-14-4-9-17(24-2)18(12-14)25-3/h4-9,12H,10-11H2,1-3H3,(H,20,23)(H,21,22). The maximum absolute atomic E-state index is 12.1. The van der Waals surface area contributed by atoms with Gasteiger partial charge in [-0.25, -0.2) is 0 Å². The minimum Gasteiger partial charge on any atom is -0.493 e. The van der Waals surface area contributed by atoms with E-state index >= 15 is 0 Å². The molecule has 0 heterocycles. The molecule has 0 fully saturated rings. The number of amides is 2. The number of carbonyl (C=O) groups is 2. The molecule has 0 atom stereocenters. The van der Waals surface area contributed by atoms with Crippen LogP contribution in [0.4, 0.5) is 5.69 Å². The molecule has 2 amide bonds. The highest BCUT2D eigenvalue weighted by molar-refractivity contribution is 5.95. The van der Waals surface area contributed by atoms with E-state index in [0.29, 0.717) is 35.7 Å². The summed E-state index contributed by atoms with van der Waals surface area (Å²) >= 11 is 0. The van der Waals surface area contributed by atoms with Gasteiger partial charge < -0.3 is 20.1 Å². The van der Waals surface area contributed by atoms with E-state index in [2.05, 4.69) is 10.6 Å². The van der Waals surface area contributed by atoms with Gasteiger partial charge >= 0.3 is 0 Å². The smallest absolute Gasteiger partial charge is 0.251 e. The third kappa shape index (κ3) is 5.24. The van der Waals surface area contributed by atoms with Crippen LogP contribution in [0.15, 0.2) is 42.5 Å². The average Bonchev–Trinajstić information content (AvgIpc) is 2.61. The Bertz CT molecular complexity index is 742. The lowest BCUT2D eigenvalue weighted by Gasteiger charge is -2.10. The van der Waals surface area contributed by atoms with E-state index < -0.39 is 0 Å². The summed E-state index contributed by atoms with van der Waals surface area (Å²) in [5, 5.41) is 5.54. The summed E-state index contributed by atoms with van der Waals surface area (Å²) in [6.45, 7) is 1.94. The number of hydrogen-bond acceptors (Lipinski definition) is 4. The van der Waals surface area contributed by atoms with Crippen LogP contribution >= 0.6 is 0 Å². The van der Waals surface area contributed by atoms with Gasteiger partial charge in [0.2, 0.25) is 5.91 Å². The number of hydrogen-bond donors (Lipinski definition) is 2. The number of rotatable bonds is 7. The Morgan fingerprint density at radius 1 is 0.960 bits per heavy atom. The van der Waals surface area contributed by atoms with E-state index in [9.17, 15) is 9.59 Å². The Kier molecular flexibility index (Phi) is 6.39. The van der Waals surface area contributed by atoms with Crippen molar-refractivity contribution in [2.45, 2.75) is 13.3 Å². The fraction of sp³-hybridized carbons (Fsp3) is 0.263. The Labute approximate surface area is 147 Å². The van der Waals surface area contributed by atoms with Gasteiger partial charge in [-0.15, -0.1) is 0 Å². The van der Waals surface area contributed by atoms with Crippen LogP contribution in [0.25, 0.3) is 0 Å². The second kappa shape index (κ2) is 8.73. The normalized spacial score (nSPS) is 10.0. The zero-order valence-corrected chi connectivity index (χ0v) is 14.6. The van der Waals surface area contributed by atoms with Crippen molar-refractivity contribution in [3.8, 4) is 11.5 Å². The Morgan fingerprint density at radius 2 is 1.64 bits per heavy atom. The van der Waals surface area contributed by atoms with Gasteiger partial charge in [0.25, 0.3) is 5.91 Å². The quantitative estimate of drug-likeness (QED) is 0.811. The van der Waals surface area contributed by atoms with Gasteiger partial charge in [0.15, 0.2) is 11.5 Å². The van der Waals surface area contributed by atoms with E-state index in [1.54, 1.807) is 38.5 Å². The molecule has 6 nitrogen and oxygen atoms in total. The fourth-order valence-corrected chi connectivity index (χ4v) is 2.37. The first-order chi connectivity index (χ1) is 12.0. The third-order valence-electron chi connectivity index (χ3n) is 3.61. The van der Waals surface area contributed by atoms with E-state index in [1.165, 1.54) is 6.92 Å². The molecular formula is C19H22N2O4. The molecule has 0 aliphatic heterocycles. The minimum atomic E-state index is -0.158. The fourth-order valence-electron chi connectivity index (χ4n) is 2.37. The van der Waals surface area contributed by atoms with E-state index in [1.807, 2.05) is 18.2 Å². The van der Waals surface area contributed by atoms with E-state index in [-0.39, 0.29) is 11.8 Å². The van der Waals surface area contributed by atoms with Crippen LogP contribution in [0.1, 0.15) is 22.8 Å². The molecule has 0 unspecified atom stereocenters. The van der Waals surface area contributed by atoms with Gasteiger partial charge in [-0.05, 0) is 48.4 Å². The van der Waals surface area contributed by atoms with Crippen molar-refractivity contribution in [3.63, 3.8) is 0 Å². The predicted molar refractivity (Wildman–Crippen MR) is 96.3 cm³/mol. The Hall–Kier alpha value is -3.02. The number of benzene rings is 2. The zero-order chi connectivity index (χ0) is 18.2. The molecule has 6 heteroatoms. The molecule has 0 saturated carbocycles. The van der Waals surface area contributed by atoms with Gasteiger partial charge in [0.05, 0.1) is 14.2 Å². The second-order valence-electron chi connectivity index (χ2n) is 5.45. The predicted octanol–water partition coefficient (Wildman–Crippen LogP) is 2.63. The minimum absolute atomic E-state index is 0.146. The molecule has 0 aromatic heterocycles. The van der Waals surface area contributed by atoms with Crippen molar-refractivity contribution in [3.05, 3.63) is 53.6 Å². The molecule has 2 rings (SSSR count). The topological polar surface area (TPSA) is 76.7 Å². The summed E-state index contributed by atoms with van der Waals surface area (Å²) in [5.74, 6) is 1.04. The van der Waals surface area contributed by atoms with Gasteiger partial charge in [-0.3, -0.25) is 9.59 Å². The molecule has 132 valence electrons. The molecule has 0 radical (unpaired) electrons. The lowest BCUT2D eigenvalue weighted by Crippen LogP contribution is -2.25. The number of methoxy groups -OCH3 is 2. The maximum atomic E-state index is 12.1. The first-order valence-electron chi connectivity index (χ1n) is 7.90. The lowest BCUT2D eigenvalue weighted by molar-refractivity contribution is -0.114. The molecule has 0 saturated heterocycles. The first kappa shape index (κ1) is 18.3. The summed E-state index contributed by atoms with van der Waals surface area (Å²) in [5.41, 5.74) is 2.25. The number of nitrogens with one attached hydrogen (secondary N) is 2. The Balaban J connectivity index is 1.89. The van der Waals surface area contributed by atoms with E-state index in [0.717, 1.165) is 5.56 Å². The SMILES string of the molecule is COc1ccc(CCNC(=O)c2ccc(NC(C)=O)cc2)cc1OC. The lowest BCUT2D eigenvalue weighted by atomic mass is 10.1. The monoisotopic (exact) mass is 342 g/mol. The third-order valence-corrected chi connectivity index (χ3v) is 3.61. The highest BCUT2D eigenvalue weighted by atomic mass is 16.5. The molecule has 2 aromatic rings. The molecule has 0 aliphatic carbocycles. The van der Waals surface area contributed by atoms with Gasteiger partial charge in [0, 0.05) is 24.7 Å². The van der Waals surface area contributed by atoms with Crippen LogP contribution < -0.4 is 20.1 Å². The highest BCUT2D eigenvalue weighted by Crippen LogP contribution is 2.27. The van der Waals surface area contributed by atoms with Crippen LogP contribution in [-0.2, 0) is 11.2 Å². The van der Waals surface area contributed by atoms with Crippen LogP contribution in [0.2, 0.25) is 0 Å². The van der Waals surface area contributed by atoms with Crippen molar-refractivity contribution in [2.24, 2.45) is 0 Å².